The lowest BCUT2D eigenvalue weighted by Gasteiger charge is -2.36. The average Bonchev–Trinajstić information content (AvgIpc) is 2.73. The largest absolute Gasteiger partial charge is 0.381 e. The molecule has 134 valence electrons. The van der Waals surface area contributed by atoms with Gasteiger partial charge in [-0.3, -0.25) is 0 Å². The minimum absolute atomic E-state index is 0.165. The lowest BCUT2D eigenvalue weighted by Crippen LogP contribution is -2.30. The Bertz CT molecular complexity index is 659. The van der Waals surface area contributed by atoms with Gasteiger partial charge >= 0.3 is 0 Å². The third-order valence-corrected chi connectivity index (χ3v) is 5.19. The maximum Gasteiger partial charge on any atom is 0.0563 e. The van der Waals surface area contributed by atoms with Crippen molar-refractivity contribution in [2.75, 3.05) is 18.5 Å². The lowest BCUT2D eigenvalue weighted by molar-refractivity contribution is 0.143. The van der Waals surface area contributed by atoms with E-state index >= 15 is 0 Å². The van der Waals surface area contributed by atoms with Crippen molar-refractivity contribution in [2.45, 2.75) is 18.3 Å². The Kier molecular flexibility index (Phi) is 7.04. The van der Waals surface area contributed by atoms with Crippen LogP contribution in [0.2, 0.25) is 0 Å². The van der Waals surface area contributed by atoms with Crippen molar-refractivity contribution in [3.8, 4) is 0 Å². The van der Waals surface area contributed by atoms with Crippen molar-refractivity contribution >= 4 is 15.9 Å². The van der Waals surface area contributed by atoms with E-state index in [1.807, 2.05) is 0 Å². The van der Waals surface area contributed by atoms with Crippen LogP contribution in [0.5, 0.6) is 0 Å². The van der Waals surface area contributed by atoms with Gasteiger partial charge in [0.1, 0.15) is 0 Å². The second-order valence-corrected chi connectivity index (χ2v) is 7.20. The monoisotopic (exact) mass is 408 g/mol. The molecule has 0 bridgehead atoms. The summed E-state index contributed by atoms with van der Waals surface area (Å²) in [5.74, 6) is 0. The highest BCUT2D eigenvalue weighted by Gasteiger charge is 2.35. The van der Waals surface area contributed by atoms with Gasteiger partial charge in [-0.05, 0) is 29.5 Å². The van der Waals surface area contributed by atoms with E-state index in [2.05, 4.69) is 107 Å². The van der Waals surface area contributed by atoms with Crippen LogP contribution in [0.3, 0.4) is 0 Å². The number of alkyl halides is 1. The van der Waals surface area contributed by atoms with Crippen LogP contribution in [-0.4, -0.2) is 18.5 Å². The van der Waals surface area contributed by atoms with E-state index in [9.17, 15) is 0 Å². The molecule has 0 fully saturated rings. The highest BCUT2D eigenvalue weighted by atomic mass is 79.9. The Morgan fingerprint density at radius 1 is 0.615 bits per heavy atom. The molecule has 0 saturated carbocycles. The van der Waals surface area contributed by atoms with Gasteiger partial charge < -0.3 is 4.74 Å². The summed E-state index contributed by atoms with van der Waals surface area (Å²) in [6.07, 6.45) is 2.01. The fourth-order valence-corrected chi connectivity index (χ4v) is 3.93. The molecular weight excluding hydrogens is 384 g/mol. The molecule has 0 aliphatic rings. The van der Waals surface area contributed by atoms with E-state index in [1.165, 1.54) is 16.7 Å². The summed E-state index contributed by atoms with van der Waals surface area (Å²) in [7, 11) is 0. The molecule has 0 aromatic heterocycles. The number of rotatable bonds is 9. The van der Waals surface area contributed by atoms with Crippen molar-refractivity contribution in [1.29, 1.82) is 0 Å². The Hall–Kier alpha value is -1.90. The molecule has 0 radical (unpaired) electrons. The fraction of sp³-hybridized carbons (Fsp3) is 0.250. The topological polar surface area (TPSA) is 9.23 Å². The summed E-state index contributed by atoms with van der Waals surface area (Å²) in [5.41, 5.74) is 3.83. The zero-order chi connectivity index (χ0) is 18.1. The predicted octanol–water partition coefficient (Wildman–Crippen LogP) is 6.21. The number of halogens is 1. The van der Waals surface area contributed by atoms with E-state index in [0.717, 1.165) is 31.4 Å². The van der Waals surface area contributed by atoms with Gasteiger partial charge in [-0.15, -0.1) is 0 Å². The van der Waals surface area contributed by atoms with Crippen LogP contribution in [0, 0.1) is 0 Å². The summed E-state index contributed by atoms with van der Waals surface area (Å²) in [5, 5.41) is 0.883. The minimum Gasteiger partial charge on any atom is -0.381 e. The zero-order valence-corrected chi connectivity index (χ0v) is 16.6. The van der Waals surface area contributed by atoms with Gasteiger partial charge in [0.05, 0.1) is 6.61 Å². The number of benzene rings is 3. The van der Waals surface area contributed by atoms with Crippen LogP contribution < -0.4 is 0 Å². The maximum absolute atomic E-state index is 5.74. The number of ether oxygens (including phenoxy) is 1. The molecule has 0 aliphatic heterocycles. The normalized spacial score (nSPS) is 11.4. The third kappa shape index (κ3) is 4.25. The highest BCUT2D eigenvalue weighted by Crippen LogP contribution is 2.42. The van der Waals surface area contributed by atoms with Crippen molar-refractivity contribution < 1.29 is 4.74 Å². The molecule has 0 spiro atoms. The van der Waals surface area contributed by atoms with Crippen LogP contribution in [0.15, 0.2) is 91.0 Å². The predicted molar refractivity (Wildman–Crippen MR) is 113 cm³/mol. The van der Waals surface area contributed by atoms with Gasteiger partial charge in [0.15, 0.2) is 0 Å². The van der Waals surface area contributed by atoms with Crippen molar-refractivity contribution in [3.05, 3.63) is 108 Å². The molecule has 0 unspecified atom stereocenters. The van der Waals surface area contributed by atoms with Crippen LogP contribution >= 0.6 is 15.9 Å². The molecule has 0 heterocycles. The van der Waals surface area contributed by atoms with Crippen LogP contribution in [0.25, 0.3) is 0 Å². The number of hydrogen-bond donors (Lipinski definition) is 0. The molecular formula is C24H25BrO. The van der Waals surface area contributed by atoms with E-state index in [0.29, 0.717) is 0 Å². The molecule has 0 saturated heterocycles. The van der Waals surface area contributed by atoms with Crippen molar-refractivity contribution in [1.82, 2.24) is 0 Å². The molecule has 1 nitrogen and oxygen atoms in total. The van der Waals surface area contributed by atoms with E-state index < -0.39 is 0 Å². The summed E-state index contributed by atoms with van der Waals surface area (Å²) < 4.78 is 5.74. The summed E-state index contributed by atoms with van der Waals surface area (Å²) in [6.45, 7) is 1.54. The standard InChI is InChI=1S/C24H25BrO/c25-18-20-26-19-10-17-24(21-11-4-1-5-12-21,22-13-6-2-7-14-22)23-15-8-3-9-16-23/h1-9,11-16H,10,17-20H2. The van der Waals surface area contributed by atoms with Gasteiger partial charge in [-0.1, -0.05) is 107 Å². The van der Waals surface area contributed by atoms with E-state index in [-0.39, 0.29) is 5.41 Å². The molecule has 0 aliphatic carbocycles. The van der Waals surface area contributed by atoms with Crippen LogP contribution in [0.1, 0.15) is 29.5 Å². The van der Waals surface area contributed by atoms with Gasteiger partial charge in [0.2, 0.25) is 0 Å². The lowest BCUT2D eigenvalue weighted by atomic mass is 9.67. The zero-order valence-electron chi connectivity index (χ0n) is 15.0. The van der Waals surface area contributed by atoms with Crippen molar-refractivity contribution in [3.63, 3.8) is 0 Å². The minimum atomic E-state index is -0.165. The maximum atomic E-state index is 5.74. The van der Waals surface area contributed by atoms with Gasteiger partial charge in [0, 0.05) is 17.4 Å². The Morgan fingerprint density at radius 2 is 1.04 bits per heavy atom. The molecule has 0 amide bonds. The molecule has 3 aromatic rings. The van der Waals surface area contributed by atoms with Crippen LogP contribution in [-0.2, 0) is 10.2 Å². The van der Waals surface area contributed by atoms with E-state index in [4.69, 9.17) is 4.74 Å². The second-order valence-electron chi connectivity index (χ2n) is 6.41. The SMILES string of the molecule is BrCCOCCCC(c1ccccc1)(c1ccccc1)c1ccccc1. The second kappa shape index (κ2) is 9.70. The first-order chi connectivity index (χ1) is 12.9. The molecule has 3 aromatic carbocycles. The molecule has 26 heavy (non-hydrogen) atoms. The quantitative estimate of drug-likeness (QED) is 0.232. The first kappa shape index (κ1) is 18.9. The van der Waals surface area contributed by atoms with Crippen LogP contribution in [0.4, 0.5) is 0 Å². The Balaban J connectivity index is 2.06. The summed E-state index contributed by atoms with van der Waals surface area (Å²) in [6, 6.07) is 32.6. The summed E-state index contributed by atoms with van der Waals surface area (Å²) in [4.78, 5) is 0. The van der Waals surface area contributed by atoms with Crippen molar-refractivity contribution in [2.24, 2.45) is 0 Å². The third-order valence-electron chi connectivity index (χ3n) is 4.86. The summed E-state index contributed by atoms with van der Waals surface area (Å²) >= 11 is 3.43. The molecule has 0 N–H and O–H groups in total. The smallest absolute Gasteiger partial charge is 0.0563 e. The average molecular weight is 409 g/mol. The Labute approximate surface area is 165 Å². The first-order valence-corrected chi connectivity index (χ1v) is 10.3. The fourth-order valence-electron chi connectivity index (χ4n) is 3.70. The highest BCUT2D eigenvalue weighted by molar-refractivity contribution is 9.09. The number of hydrogen-bond acceptors (Lipinski definition) is 1. The first-order valence-electron chi connectivity index (χ1n) is 9.18. The van der Waals surface area contributed by atoms with E-state index in [1.54, 1.807) is 0 Å². The molecule has 0 atom stereocenters. The van der Waals surface area contributed by atoms with Gasteiger partial charge in [-0.2, -0.15) is 0 Å². The van der Waals surface area contributed by atoms with Gasteiger partial charge in [0.25, 0.3) is 0 Å². The molecule has 2 heteroatoms. The Morgan fingerprint density at radius 3 is 1.42 bits per heavy atom. The van der Waals surface area contributed by atoms with Gasteiger partial charge in [-0.25, -0.2) is 0 Å². The molecule has 3 rings (SSSR count).